The Balaban J connectivity index is 2.52. The number of benzene rings is 1. The highest BCUT2D eigenvalue weighted by Gasteiger charge is 2.19. The second-order valence-corrected chi connectivity index (χ2v) is 5.66. The fraction of sp³-hybridized carbons (Fsp3) is 0.625. The molecule has 1 atom stereocenters. The fourth-order valence-electron chi connectivity index (χ4n) is 2.70. The van der Waals surface area contributed by atoms with Crippen LogP contribution in [-0.4, -0.2) is 36.5 Å². The number of hydrogen-bond acceptors (Lipinski definition) is 4. The molecule has 0 saturated heterocycles. The molecule has 0 heterocycles. The van der Waals surface area contributed by atoms with Crippen molar-refractivity contribution in [1.82, 2.24) is 10.2 Å². The number of nitrogens with zero attached hydrogens (tertiary/aromatic N) is 2. The topological polar surface area (TPSA) is 58.4 Å². The molecule has 0 aliphatic heterocycles. The van der Waals surface area contributed by atoms with Gasteiger partial charge in [-0.15, -0.1) is 0 Å². The molecule has 118 valence electrons. The molecule has 0 spiro atoms. The molecule has 0 aliphatic rings. The lowest BCUT2D eigenvalue weighted by Gasteiger charge is -2.31. The molecule has 1 aromatic carbocycles. The third-order valence-corrected chi connectivity index (χ3v) is 4.09. The van der Waals surface area contributed by atoms with E-state index in [0.717, 1.165) is 18.7 Å². The van der Waals surface area contributed by atoms with Crippen molar-refractivity contribution >= 4 is 5.69 Å². The number of nitro groups is 1. The molecule has 0 amide bonds. The Hall–Kier alpha value is -1.46. The molecule has 1 N–H and O–H groups in total. The van der Waals surface area contributed by atoms with Crippen LogP contribution in [0.3, 0.4) is 0 Å². The van der Waals surface area contributed by atoms with Crippen LogP contribution < -0.4 is 5.32 Å². The predicted molar refractivity (Wildman–Crippen MR) is 86.4 cm³/mol. The zero-order valence-electron chi connectivity index (χ0n) is 13.5. The summed E-state index contributed by atoms with van der Waals surface area (Å²) in [6, 6.07) is 7.25. The second kappa shape index (κ2) is 8.74. The summed E-state index contributed by atoms with van der Waals surface area (Å²) in [5.74, 6) is 0.685. The smallest absolute Gasteiger partial charge is 0.269 e. The van der Waals surface area contributed by atoms with Crippen LogP contribution in [0.2, 0.25) is 0 Å². The average molecular weight is 293 g/mol. The van der Waals surface area contributed by atoms with Gasteiger partial charge in [-0.1, -0.05) is 38.8 Å². The van der Waals surface area contributed by atoms with Crippen LogP contribution in [0.15, 0.2) is 24.3 Å². The maximum atomic E-state index is 10.6. The molecular formula is C16H27N3O2. The highest BCUT2D eigenvalue weighted by atomic mass is 16.6. The minimum absolute atomic E-state index is 0.141. The predicted octanol–water partition coefficient (Wildman–Crippen LogP) is 3.05. The molecule has 0 aromatic heterocycles. The van der Waals surface area contributed by atoms with E-state index in [4.69, 9.17) is 0 Å². The lowest BCUT2D eigenvalue weighted by molar-refractivity contribution is -0.384. The van der Waals surface area contributed by atoms with Gasteiger partial charge in [0.25, 0.3) is 5.69 Å². The van der Waals surface area contributed by atoms with Crippen LogP contribution in [-0.2, 0) is 6.54 Å². The SMILES string of the molecule is CCC(CC)C(CNCc1ccc([N+](=O)[O-])cc1)N(C)C. The molecule has 1 unspecified atom stereocenters. The van der Waals surface area contributed by atoms with E-state index in [2.05, 4.69) is 38.2 Å². The molecule has 0 fully saturated rings. The molecule has 1 aromatic rings. The first-order valence-corrected chi connectivity index (χ1v) is 7.60. The number of hydrogen-bond donors (Lipinski definition) is 1. The van der Waals surface area contributed by atoms with Gasteiger partial charge in [0.1, 0.15) is 0 Å². The Bertz CT molecular complexity index is 428. The van der Waals surface area contributed by atoms with Gasteiger partial charge in [-0.2, -0.15) is 0 Å². The minimum Gasteiger partial charge on any atom is -0.311 e. The Morgan fingerprint density at radius 2 is 1.76 bits per heavy atom. The van der Waals surface area contributed by atoms with Crippen molar-refractivity contribution in [3.63, 3.8) is 0 Å². The molecule has 21 heavy (non-hydrogen) atoms. The molecule has 5 heteroatoms. The first kappa shape index (κ1) is 17.6. The molecule has 0 aliphatic carbocycles. The van der Waals surface area contributed by atoms with Gasteiger partial charge >= 0.3 is 0 Å². The van der Waals surface area contributed by atoms with Crippen molar-refractivity contribution in [1.29, 1.82) is 0 Å². The van der Waals surface area contributed by atoms with E-state index in [1.807, 2.05) is 12.1 Å². The largest absolute Gasteiger partial charge is 0.311 e. The highest BCUT2D eigenvalue weighted by molar-refractivity contribution is 5.32. The average Bonchev–Trinajstić information content (AvgIpc) is 2.47. The number of likely N-dealkylation sites (N-methyl/N-ethyl adjacent to an activating group) is 1. The van der Waals surface area contributed by atoms with Gasteiger partial charge < -0.3 is 10.2 Å². The van der Waals surface area contributed by atoms with Gasteiger partial charge in [0.15, 0.2) is 0 Å². The zero-order valence-corrected chi connectivity index (χ0v) is 13.5. The molecular weight excluding hydrogens is 266 g/mol. The molecule has 5 nitrogen and oxygen atoms in total. The Morgan fingerprint density at radius 3 is 2.19 bits per heavy atom. The molecule has 0 saturated carbocycles. The molecule has 1 rings (SSSR count). The first-order valence-electron chi connectivity index (χ1n) is 7.60. The van der Waals surface area contributed by atoms with Gasteiger partial charge in [-0.3, -0.25) is 10.1 Å². The van der Waals surface area contributed by atoms with Crippen molar-refractivity contribution in [3.8, 4) is 0 Å². The van der Waals surface area contributed by atoms with Gasteiger partial charge in [-0.25, -0.2) is 0 Å². The standard InChI is InChI=1S/C16H27N3O2/c1-5-14(6-2)16(18(3)4)12-17-11-13-7-9-15(10-8-13)19(20)21/h7-10,14,16-17H,5-6,11-12H2,1-4H3. The lowest BCUT2D eigenvalue weighted by Crippen LogP contribution is -2.42. The number of rotatable bonds is 9. The van der Waals surface area contributed by atoms with Crippen molar-refractivity contribution in [2.75, 3.05) is 20.6 Å². The maximum Gasteiger partial charge on any atom is 0.269 e. The highest BCUT2D eigenvalue weighted by Crippen LogP contribution is 2.17. The minimum atomic E-state index is -0.369. The summed E-state index contributed by atoms with van der Waals surface area (Å²) in [5, 5.41) is 14.1. The fourth-order valence-corrected chi connectivity index (χ4v) is 2.70. The maximum absolute atomic E-state index is 10.6. The van der Waals surface area contributed by atoms with Crippen molar-refractivity contribution in [2.45, 2.75) is 39.3 Å². The summed E-state index contributed by atoms with van der Waals surface area (Å²) < 4.78 is 0. The van der Waals surface area contributed by atoms with E-state index in [1.54, 1.807) is 12.1 Å². The van der Waals surface area contributed by atoms with E-state index >= 15 is 0 Å². The van der Waals surface area contributed by atoms with E-state index in [9.17, 15) is 10.1 Å². The van der Waals surface area contributed by atoms with Crippen molar-refractivity contribution in [3.05, 3.63) is 39.9 Å². The summed E-state index contributed by atoms with van der Waals surface area (Å²) >= 11 is 0. The molecule has 0 radical (unpaired) electrons. The number of nitro benzene ring substituents is 1. The second-order valence-electron chi connectivity index (χ2n) is 5.66. The van der Waals surface area contributed by atoms with Gasteiger partial charge in [-0.05, 0) is 25.6 Å². The zero-order chi connectivity index (χ0) is 15.8. The van der Waals surface area contributed by atoms with E-state index in [1.165, 1.54) is 12.8 Å². The first-order chi connectivity index (χ1) is 9.99. The van der Waals surface area contributed by atoms with Crippen molar-refractivity contribution < 1.29 is 4.92 Å². The third-order valence-electron chi connectivity index (χ3n) is 4.09. The normalized spacial score (nSPS) is 12.9. The number of non-ortho nitro benzene ring substituents is 1. The van der Waals surface area contributed by atoms with Crippen LogP contribution in [0.1, 0.15) is 32.3 Å². The Kier molecular flexibility index (Phi) is 7.32. The van der Waals surface area contributed by atoms with E-state index < -0.39 is 0 Å². The van der Waals surface area contributed by atoms with Crippen LogP contribution in [0.4, 0.5) is 5.69 Å². The van der Waals surface area contributed by atoms with E-state index in [0.29, 0.717) is 12.0 Å². The number of nitrogens with one attached hydrogen (secondary N) is 1. The van der Waals surface area contributed by atoms with Gasteiger partial charge in [0, 0.05) is 31.3 Å². The Morgan fingerprint density at radius 1 is 1.19 bits per heavy atom. The van der Waals surface area contributed by atoms with Crippen LogP contribution in [0.25, 0.3) is 0 Å². The quantitative estimate of drug-likeness (QED) is 0.561. The Labute approximate surface area is 127 Å². The van der Waals surface area contributed by atoms with Gasteiger partial charge in [0.05, 0.1) is 4.92 Å². The van der Waals surface area contributed by atoms with Gasteiger partial charge in [0.2, 0.25) is 0 Å². The van der Waals surface area contributed by atoms with E-state index in [-0.39, 0.29) is 10.6 Å². The van der Waals surface area contributed by atoms with Crippen LogP contribution in [0, 0.1) is 16.0 Å². The lowest BCUT2D eigenvalue weighted by atomic mass is 9.93. The summed E-state index contributed by atoms with van der Waals surface area (Å²) in [7, 11) is 4.24. The van der Waals surface area contributed by atoms with Crippen LogP contribution in [0.5, 0.6) is 0 Å². The summed E-state index contributed by atoms with van der Waals surface area (Å²) in [6.45, 7) is 6.14. The summed E-state index contributed by atoms with van der Waals surface area (Å²) in [6.07, 6.45) is 2.36. The van der Waals surface area contributed by atoms with Crippen LogP contribution >= 0.6 is 0 Å². The summed E-state index contributed by atoms with van der Waals surface area (Å²) in [4.78, 5) is 12.5. The third kappa shape index (κ3) is 5.44. The van der Waals surface area contributed by atoms with Crippen molar-refractivity contribution in [2.24, 2.45) is 5.92 Å². The monoisotopic (exact) mass is 293 g/mol. The molecule has 0 bridgehead atoms. The summed E-state index contributed by atoms with van der Waals surface area (Å²) in [5.41, 5.74) is 1.21.